The van der Waals surface area contributed by atoms with Crippen LogP contribution in [-0.4, -0.2) is 11.7 Å². The lowest BCUT2D eigenvalue weighted by atomic mass is 9.94. The molecule has 0 unspecified atom stereocenters. The summed E-state index contributed by atoms with van der Waals surface area (Å²) in [5, 5.41) is 2.95. The molecule has 0 spiro atoms. The Balaban J connectivity index is 1.76. The summed E-state index contributed by atoms with van der Waals surface area (Å²) >= 11 is 0. The maximum atomic E-state index is 12.9. The van der Waals surface area contributed by atoms with Crippen LogP contribution in [0.4, 0.5) is 5.69 Å². The van der Waals surface area contributed by atoms with Crippen LogP contribution >= 0.6 is 0 Å². The molecule has 0 aliphatic heterocycles. The highest BCUT2D eigenvalue weighted by Gasteiger charge is 2.16. The van der Waals surface area contributed by atoms with E-state index in [0.717, 1.165) is 35.2 Å². The lowest BCUT2D eigenvalue weighted by Crippen LogP contribution is -2.15. The summed E-state index contributed by atoms with van der Waals surface area (Å²) in [6, 6.07) is 19.7. The molecule has 0 heterocycles. The summed E-state index contributed by atoms with van der Waals surface area (Å²) in [6.45, 7) is 7.98. The predicted molar refractivity (Wildman–Crippen MR) is 124 cm³/mol. The van der Waals surface area contributed by atoms with Crippen LogP contribution in [0.15, 0.2) is 60.7 Å². The zero-order chi connectivity index (χ0) is 21.7. The summed E-state index contributed by atoms with van der Waals surface area (Å²) < 4.78 is 0. The minimum atomic E-state index is -0.158. The number of rotatable bonds is 7. The van der Waals surface area contributed by atoms with E-state index in [-0.39, 0.29) is 11.7 Å². The Morgan fingerprint density at radius 3 is 1.73 bits per heavy atom. The maximum Gasteiger partial charge on any atom is 0.255 e. The first-order chi connectivity index (χ1) is 14.4. The van der Waals surface area contributed by atoms with Gasteiger partial charge in [0, 0.05) is 23.2 Å². The van der Waals surface area contributed by atoms with E-state index >= 15 is 0 Å². The van der Waals surface area contributed by atoms with Gasteiger partial charge in [-0.1, -0.05) is 50.2 Å². The standard InChI is InChI=1S/C27H29NO2/c1-5-20-7-9-22(10-8-20)17-26(29)24-15-19(4)25(16-18(24)3)27(30)28-23-13-11-21(6-2)12-14-23/h7-16H,5-6,17H2,1-4H3,(H,28,30). The van der Waals surface area contributed by atoms with E-state index in [1.54, 1.807) is 0 Å². The highest BCUT2D eigenvalue weighted by atomic mass is 16.1. The van der Waals surface area contributed by atoms with Crippen LogP contribution < -0.4 is 5.32 Å². The monoisotopic (exact) mass is 399 g/mol. The second-order valence-electron chi connectivity index (χ2n) is 7.76. The molecule has 0 aliphatic rings. The van der Waals surface area contributed by atoms with E-state index in [0.29, 0.717) is 17.5 Å². The summed E-state index contributed by atoms with van der Waals surface area (Å²) in [5.41, 5.74) is 7.16. The summed E-state index contributed by atoms with van der Waals surface area (Å²) in [4.78, 5) is 25.7. The van der Waals surface area contributed by atoms with Crippen molar-refractivity contribution in [2.75, 3.05) is 5.32 Å². The van der Waals surface area contributed by atoms with E-state index in [1.807, 2.05) is 62.4 Å². The van der Waals surface area contributed by atoms with Crippen molar-refractivity contribution in [3.05, 3.63) is 99.6 Å². The number of anilines is 1. The van der Waals surface area contributed by atoms with Crippen molar-refractivity contribution < 1.29 is 9.59 Å². The van der Waals surface area contributed by atoms with E-state index in [9.17, 15) is 9.59 Å². The van der Waals surface area contributed by atoms with Gasteiger partial charge in [0.25, 0.3) is 5.91 Å². The molecule has 3 aromatic rings. The van der Waals surface area contributed by atoms with Crippen molar-refractivity contribution in [1.82, 2.24) is 0 Å². The highest BCUT2D eigenvalue weighted by molar-refractivity contribution is 6.07. The summed E-state index contributed by atoms with van der Waals surface area (Å²) in [6.07, 6.45) is 2.31. The number of carbonyl (C=O) groups is 2. The van der Waals surface area contributed by atoms with Gasteiger partial charge in [-0.05, 0) is 78.8 Å². The zero-order valence-corrected chi connectivity index (χ0v) is 18.2. The molecule has 30 heavy (non-hydrogen) atoms. The molecule has 3 aromatic carbocycles. The molecule has 154 valence electrons. The third-order valence-electron chi connectivity index (χ3n) is 5.53. The van der Waals surface area contributed by atoms with Gasteiger partial charge in [0.1, 0.15) is 0 Å². The van der Waals surface area contributed by atoms with Crippen LogP contribution in [-0.2, 0) is 19.3 Å². The molecule has 0 bridgehead atoms. The number of hydrogen-bond acceptors (Lipinski definition) is 2. The average molecular weight is 400 g/mol. The van der Waals surface area contributed by atoms with Crippen molar-refractivity contribution in [3.63, 3.8) is 0 Å². The van der Waals surface area contributed by atoms with E-state index < -0.39 is 0 Å². The molecule has 0 fully saturated rings. The van der Waals surface area contributed by atoms with Crippen molar-refractivity contribution in [3.8, 4) is 0 Å². The normalized spacial score (nSPS) is 10.7. The summed E-state index contributed by atoms with van der Waals surface area (Å²) in [5.74, 6) is -0.0871. The number of Topliss-reactive ketones (excluding diaryl/α,β-unsaturated/α-hetero) is 1. The maximum absolute atomic E-state index is 12.9. The van der Waals surface area contributed by atoms with Crippen LogP contribution in [0.5, 0.6) is 0 Å². The molecule has 1 N–H and O–H groups in total. The number of ketones is 1. The Morgan fingerprint density at radius 1 is 0.700 bits per heavy atom. The third-order valence-corrected chi connectivity index (χ3v) is 5.53. The van der Waals surface area contributed by atoms with Crippen molar-refractivity contribution >= 4 is 17.4 Å². The van der Waals surface area contributed by atoms with Crippen LogP contribution in [0.2, 0.25) is 0 Å². The topological polar surface area (TPSA) is 46.2 Å². The molecular formula is C27H29NO2. The van der Waals surface area contributed by atoms with Crippen LogP contribution in [0, 0.1) is 13.8 Å². The van der Waals surface area contributed by atoms with E-state index in [2.05, 4.69) is 31.3 Å². The number of carbonyl (C=O) groups excluding carboxylic acids is 2. The molecule has 0 saturated heterocycles. The van der Waals surface area contributed by atoms with Crippen LogP contribution in [0.1, 0.15) is 62.4 Å². The van der Waals surface area contributed by atoms with Gasteiger partial charge in [-0.25, -0.2) is 0 Å². The van der Waals surface area contributed by atoms with Gasteiger partial charge in [-0.15, -0.1) is 0 Å². The Kier molecular flexibility index (Phi) is 6.83. The van der Waals surface area contributed by atoms with E-state index in [4.69, 9.17) is 0 Å². The quantitative estimate of drug-likeness (QED) is 0.488. The number of nitrogens with one attached hydrogen (secondary N) is 1. The summed E-state index contributed by atoms with van der Waals surface area (Å²) in [7, 11) is 0. The molecule has 0 aromatic heterocycles. The predicted octanol–water partition coefficient (Wildman–Crippen LogP) is 6.11. The number of amides is 1. The molecule has 1 amide bonds. The van der Waals surface area contributed by atoms with Gasteiger partial charge in [-0.2, -0.15) is 0 Å². The van der Waals surface area contributed by atoms with Gasteiger partial charge in [0.2, 0.25) is 0 Å². The van der Waals surface area contributed by atoms with Crippen molar-refractivity contribution in [2.24, 2.45) is 0 Å². The Hall–Kier alpha value is -3.20. The van der Waals surface area contributed by atoms with Gasteiger partial charge in [0.15, 0.2) is 5.78 Å². The lowest BCUT2D eigenvalue weighted by molar-refractivity contribution is 0.0988. The van der Waals surface area contributed by atoms with Crippen molar-refractivity contribution in [1.29, 1.82) is 0 Å². The molecule has 0 aliphatic carbocycles. The largest absolute Gasteiger partial charge is 0.322 e. The van der Waals surface area contributed by atoms with Gasteiger partial charge in [0.05, 0.1) is 0 Å². The first-order valence-electron chi connectivity index (χ1n) is 10.5. The fourth-order valence-corrected chi connectivity index (χ4v) is 3.56. The minimum absolute atomic E-state index is 0.0713. The third kappa shape index (κ3) is 5.04. The molecule has 0 saturated carbocycles. The Bertz CT molecular complexity index is 960. The second kappa shape index (κ2) is 9.53. The van der Waals surface area contributed by atoms with Gasteiger partial charge in [-0.3, -0.25) is 9.59 Å². The second-order valence-corrected chi connectivity index (χ2v) is 7.76. The highest BCUT2D eigenvalue weighted by Crippen LogP contribution is 2.20. The van der Waals surface area contributed by atoms with Crippen LogP contribution in [0.3, 0.4) is 0 Å². The molecular weight excluding hydrogens is 370 g/mol. The van der Waals surface area contributed by atoms with Crippen molar-refractivity contribution in [2.45, 2.75) is 47.0 Å². The smallest absolute Gasteiger partial charge is 0.255 e. The first kappa shape index (κ1) is 21.5. The Labute approximate surface area is 179 Å². The molecule has 3 heteroatoms. The van der Waals surface area contributed by atoms with Gasteiger partial charge < -0.3 is 5.32 Å². The Morgan fingerprint density at radius 2 is 1.17 bits per heavy atom. The zero-order valence-electron chi connectivity index (χ0n) is 18.2. The SMILES string of the molecule is CCc1ccc(CC(=O)c2cc(C)c(C(=O)Nc3ccc(CC)cc3)cc2C)cc1. The first-order valence-corrected chi connectivity index (χ1v) is 10.5. The van der Waals surface area contributed by atoms with Gasteiger partial charge >= 0.3 is 0 Å². The van der Waals surface area contributed by atoms with Crippen LogP contribution in [0.25, 0.3) is 0 Å². The molecule has 0 radical (unpaired) electrons. The lowest BCUT2D eigenvalue weighted by Gasteiger charge is -2.13. The molecule has 3 nitrogen and oxygen atoms in total. The average Bonchev–Trinajstić information content (AvgIpc) is 2.76. The number of benzene rings is 3. The fraction of sp³-hybridized carbons (Fsp3) is 0.259. The minimum Gasteiger partial charge on any atom is -0.322 e. The number of aryl methyl sites for hydroxylation is 4. The number of hydrogen-bond donors (Lipinski definition) is 1. The molecule has 0 atom stereocenters. The van der Waals surface area contributed by atoms with E-state index in [1.165, 1.54) is 11.1 Å². The fourth-order valence-electron chi connectivity index (χ4n) is 3.56. The molecule has 3 rings (SSSR count).